The first-order chi connectivity index (χ1) is 27.8. The molecule has 7 aliphatic heterocycles. The minimum atomic E-state index is -1.43. The van der Waals surface area contributed by atoms with Crippen molar-refractivity contribution >= 4 is 51.3 Å². The number of fused-ring (bicyclic) bond motifs is 6. The molecule has 0 saturated heterocycles. The number of alkyl halides is 2. The Kier molecular flexibility index (Phi) is 9.29. The lowest BCUT2D eigenvalue weighted by atomic mass is 9.88. The lowest BCUT2D eigenvalue weighted by Gasteiger charge is -2.44. The maximum absolute atomic E-state index is 8.23. The van der Waals surface area contributed by atoms with Gasteiger partial charge in [0.1, 0.15) is 0 Å². The average molecular weight is 810 g/mol. The van der Waals surface area contributed by atoms with Crippen molar-refractivity contribution in [1.82, 2.24) is 29.6 Å². The zero-order valence-corrected chi connectivity index (χ0v) is 35.8. The summed E-state index contributed by atoms with van der Waals surface area (Å²) in [5.74, 6) is 0. The van der Waals surface area contributed by atoms with Crippen molar-refractivity contribution < 1.29 is 0 Å². The summed E-state index contributed by atoms with van der Waals surface area (Å²) >= 11 is 16.2. The van der Waals surface area contributed by atoms with Gasteiger partial charge in [0.25, 0.3) is 0 Å². The van der Waals surface area contributed by atoms with Gasteiger partial charge in [-0.1, -0.05) is 60.2 Å². The second-order valence-corrected chi connectivity index (χ2v) is 17.4. The number of hydrogen-bond acceptors (Lipinski definition) is 6. The van der Waals surface area contributed by atoms with Crippen molar-refractivity contribution in [3.8, 4) is 0 Å². The normalized spacial score (nSPS) is 30.3. The van der Waals surface area contributed by atoms with Gasteiger partial charge in [0, 0.05) is 103 Å². The van der Waals surface area contributed by atoms with Gasteiger partial charge in [-0.2, -0.15) is 0 Å². The summed E-state index contributed by atoms with van der Waals surface area (Å²) in [6.07, 6.45) is 34.1. The molecule has 0 aliphatic carbocycles. The van der Waals surface area contributed by atoms with E-state index in [0.29, 0.717) is 0 Å². The van der Waals surface area contributed by atoms with Gasteiger partial charge in [0.2, 0.25) is 0 Å². The molecule has 0 spiro atoms. The van der Waals surface area contributed by atoms with Crippen molar-refractivity contribution in [3.63, 3.8) is 0 Å². The van der Waals surface area contributed by atoms with Gasteiger partial charge in [-0.15, -0.1) is 11.6 Å². The number of hydrogen-bond donors (Lipinski definition) is 2. The highest BCUT2D eigenvalue weighted by molar-refractivity contribution is 6.40. The molecule has 0 amide bonds. The quantitative estimate of drug-likeness (QED) is 0.248. The number of aliphatic imine (C=N–C) groups is 2. The van der Waals surface area contributed by atoms with Gasteiger partial charge in [-0.3, -0.25) is 4.99 Å². The van der Waals surface area contributed by atoms with Crippen LogP contribution in [-0.2, 0) is 4.87 Å². The maximum Gasteiger partial charge on any atom is 0.183 e. The molecule has 0 saturated carbocycles. The van der Waals surface area contributed by atoms with E-state index in [1.807, 2.05) is 12.2 Å². The summed E-state index contributed by atoms with van der Waals surface area (Å²) in [6, 6.07) is 9.11. The van der Waals surface area contributed by atoms with Crippen LogP contribution in [0.15, 0.2) is 160 Å². The smallest absolute Gasteiger partial charge is 0.183 e. The summed E-state index contributed by atoms with van der Waals surface area (Å²) in [5.41, 5.74) is 10.9. The van der Waals surface area contributed by atoms with Crippen LogP contribution in [-0.4, -0.2) is 98.3 Å². The van der Waals surface area contributed by atoms with Crippen LogP contribution in [0.1, 0.15) is 39.1 Å². The summed E-state index contributed by atoms with van der Waals surface area (Å²) in [7, 11) is 8.46. The molecule has 8 bridgehead atoms. The molecule has 58 heavy (non-hydrogen) atoms. The summed E-state index contributed by atoms with van der Waals surface area (Å²) in [6.45, 7) is 8.76. The molecular formula is C48H50Cl2N8. The van der Waals surface area contributed by atoms with Crippen LogP contribution in [0.5, 0.6) is 0 Å². The molecule has 0 radical (unpaired) electrons. The number of likely N-dealkylation sites (N-methyl/N-ethyl adjacent to an activating group) is 4. The van der Waals surface area contributed by atoms with Crippen LogP contribution in [0.4, 0.5) is 0 Å². The van der Waals surface area contributed by atoms with E-state index in [0.717, 1.165) is 78.7 Å². The molecule has 296 valence electrons. The third-order valence-electron chi connectivity index (χ3n) is 12.8. The van der Waals surface area contributed by atoms with Crippen LogP contribution in [0.3, 0.4) is 0 Å². The van der Waals surface area contributed by atoms with Crippen molar-refractivity contribution in [1.29, 1.82) is 0 Å². The Morgan fingerprint density at radius 2 is 1.09 bits per heavy atom. The fourth-order valence-electron chi connectivity index (χ4n) is 8.80. The molecule has 9 heterocycles. The fraction of sp³-hybridized carbons (Fsp3) is 0.292. The van der Waals surface area contributed by atoms with E-state index in [1.54, 1.807) is 0 Å². The predicted octanol–water partition coefficient (Wildman–Crippen LogP) is 7.56. The standard InChI is InChI=1S/C48H50Cl2N8/c1-29-13-9-17-39(55(29)5)44-33-21-22-35(51-33)45(40-18-10-14-30(2)56(40)6)37-25-26-42(53-37)48(50,43-20-12-16-32(4)58(43)8)47(49)28-27-38(54-47)46(36-24-23-34(44)52-36)41-19-11-15-31(3)57(41)7/h9-32,52-53H,1-8H3. The van der Waals surface area contributed by atoms with E-state index in [2.05, 4.69) is 195 Å². The van der Waals surface area contributed by atoms with Crippen LogP contribution < -0.4 is 10.7 Å². The summed E-state index contributed by atoms with van der Waals surface area (Å²) in [5, 5.41) is 1.86. The van der Waals surface area contributed by atoms with Crippen LogP contribution in [0, 0.1) is 0 Å². The molecule has 2 N–H and O–H groups in total. The molecule has 6 unspecified atom stereocenters. The van der Waals surface area contributed by atoms with E-state index in [4.69, 9.17) is 33.2 Å². The summed E-state index contributed by atoms with van der Waals surface area (Å²) < 4.78 is 0. The first-order valence-electron chi connectivity index (χ1n) is 20.1. The Morgan fingerprint density at radius 3 is 1.67 bits per heavy atom. The second kappa shape index (κ2) is 14.1. The Hall–Kier alpha value is -5.44. The first kappa shape index (κ1) is 38.1. The number of aromatic amines is 2. The van der Waals surface area contributed by atoms with Crippen molar-refractivity contribution in [2.75, 3.05) is 28.2 Å². The SMILES string of the molecule is CC1C=CC=C(C2=C3C=CC(=N3)C(C3=CC=CC(C)N3C)=c3ccc([nH]3)=C(C3=CC=CC(C)N3C)C3=NC(Cl)(C=C3)C(Cl)(C3=CC=CC(C)N3C)c3ccc2[nH]3)N1C. The van der Waals surface area contributed by atoms with Crippen molar-refractivity contribution in [2.24, 2.45) is 9.98 Å². The van der Waals surface area contributed by atoms with E-state index in [-0.39, 0.29) is 24.2 Å². The van der Waals surface area contributed by atoms with Crippen LogP contribution >= 0.6 is 23.2 Å². The molecule has 0 fully saturated rings. The largest absolute Gasteiger partial charge is 0.370 e. The molecule has 2 aromatic rings. The second-order valence-electron chi connectivity index (χ2n) is 16.2. The lowest BCUT2D eigenvalue weighted by Crippen LogP contribution is -2.48. The Morgan fingerprint density at radius 1 is 0.569 bits per heavy atom. The molecule has 2 aromatic heterocycles. The number of halogens is 2. The third kappa shape index (κ3) is 5.86. The van der Waals surface area contributed by atoms with Crippen molar-refractivity contribution in [3.05, 3.63) is 172 Å². The zero-order chi connectivity index (χ0) is 40.7. The molecule has 10 heteroatoms. The Balaban J connectivity index is 1.41. The number of nitrogens with zero attached hydrogens (tertiary/aromatic N) is 6. The molecule has 7 aliphatic rings. The topological polar surface area (TPSA) is 69.3 Å². The Bertz CT molecular complexity index is 2650. The number of aromatic nitrogens is 2. The number of allylic oxidation sites excluding steroid dienone is 14. The fourth-order valence-corrected chi connectivity index (χ4v) is 9.56. The highest BCUT2D eigenvalue weighted by atomic mass is 35.5. The van der Waals surface area contributed by atoms with E-state index >= 15 is 0 Å². The number of nitrogens with one attached hydrogen (secondary N) is 2. The highest BCUT2D eigenvalue weighted by Gasteiger charge is 2.56. The number of rotatable bonds is 4. The minimum Gasteiger partial charge on any atom is -0.370 e. The van der Waals surface area contributed by atoms with E-state index < -0.39 is 9.87 Å². The van der Waals surface area contributed by atoms with Gasteiger partial charge >= 0.3 is 0 Å². The predicted molar refractivity (Wildman–Crippen MR) is 242 cm³/mol. The van der Waals surface area contributed by atoms with E-state index in [1.165, 1.54) is 0 Å². The van der Waals surface area contributed by atoms with Gasteiger partial charge in [-0.05, 0) is 101 Å². The maximum atomic E-state index is 8.23. The minimum absolute atomic E-state index is 0.0823. The van der Waals surface area contributed by atoms with Gasteiger partial charge in [0.15, 0.2) is 9.87 Å². The van der Waals surface area contributed by atoms with Crippen molar-refractivity contribution in [2.45, 2.75) is 61.7 Å². The monoisotopic (exact) mass is 808 g/mol. The van der Waals surface area contributed by atoms with Crippen LogP contribution in [0.25, 0.3) is 16.7 Å². The van der Waals surface area contributed by atoms with E-state index in [9.17, 15) is 0 Å². The highest BCUT2D eigenvalue weighted by Crippen LogP contribution is 2.55. The molecular weight excluding hydrogens is 759 g/mol. The lowest BCUT2D eigenvalue weighted by molar-refractivity contribution is 0.312. The first-order valence-corrected chi connectivity index (χ1v) is 20.9. The Labute approximate surface area is 351 Å². The third-order valence-corrected chi connectivity index (χ3v) is 14.1. The average Bonchev–Trinajstić information content (AvgIpc) is 4.04. The van der Waals surface area contributed by atoms with Gasteiger partial charge in [0.05, 0.1) is 27.8 Å². The van der Waals surface area contributed by atoms with Gasteiger partial charge in [-0.25, -0.2) is 4.99 Å². The summed E-state index contributed by atoms with van der Waals surface area (Å²) in [4.78, 5) is 25.0. The molecule has 0 aromatic carbocycles. The zero-order valence-electron chi connectivity index (χ0n) is 34.3. The molecule has 9 rings (SSSR count). The number of H-pyrrole nitrogens is 2. The van der Waals surface area contributed by atoms with Crippen LogP contribution in [0.2, 0.25) is 0 Å². The van der Waals surface area contributed by atoms with Gasteiger partial charge < -0.3 is 29.6 Å². The molecule has 6 atom stereocenters. The molecule has 8 nitrogen and oxygen atoms in total.